The number of hydrogen-bond acceptors (Lipinski definition) is 3. The van der Waals surface area contributed by atoms with Gasteiger partial charge >= 0.3 is 0 Å². The maximum atomic E-state index is 5.96. The van der Waals surface area contributed by atoms with Crippen molar-refractivity contribution in [2.45, 2.75) is 32.3 Å². The fourth-order valence-corrected chi connectivity index (χ4v) is 3.63. The minimum Gasteiger partial charge on any atom is -0.369 e. The Morgan fingerprint density at radius 1 is 1.32 bits per heavy atom. The van der Waals surface area contributed by atoms with Gasteiger partial charge in [-0.25, -0.2) is 4.98 Å². The van der Waals surface area contributed by atoms with Gasteiger partial charge in [0.15, 0.2) is 0 Å². The van der Waals surface area contributed by atoms with Crippen LogP contribution >= 0.6 is 23.7 Å². The highest BCUT2D eigenvalue weighted by atomic mass is 35.5. The van der Waals surface area contributed by atoms with Crippen molar-refractivity contribution in [1.29, 1.82) is 0 Å². The van der Waals surface area contributed by atoms with Crippen molar-refractivity contribution in [1.82, 2.24) is 4.98 Å². The van der Waals surface area contributed by atoms with Crippen LogP contribution in [-0.4, -0.2) is 11.6 Å². The number of thiazole rings is 1. The number of hydrogen-bond donors (Lipinski definition) is 0. The molecule has 102 valence electrons. The van der Waals surface area contributed by atoms with Gasteiger partial charge in [0, 0.05) is 12.0 Å². The van der Waals surface area contributed by atoms with Crippen LogP contribution in [0.15, 0.2) is 30.3 Å². The summed E-state index contributed by atoms with van der Waals surface area (Å²) in [5, 5.41) is 1.12. The molecule has 2 nitrogen and oxygen atoms in total. The summed E-state index contributed by atoms with van der Waals surface area (Å²) >= 11 is 1.78. The summed E-state index contributed by atoms with van der Waals surface area (Å²) in [7, 11) is 0. The topological polar surface area (TPSA) is 22.1 Å². The van der Waals surface area contributed by atoms with E-state index < -0.39 is 0 Å². The summed E-state index contributed by atoms with van der Waals surface area (Å²) < 4.78 is 5.96. The van der Waals surface area contributed by atoms with Gasteiger partial charge in [-0.15, -0.1) is 23.7 Å². The number of nitrogens with zero attached hydrogens (tertiary/aromatic N) is 1. The second kappa shape index (κ2) is 5.61. The third-order valence-electron chi connectivity index (χ3n) is 3.63. The Hall–Kier alpha value is -0.900. The molecule has 1 aromatic heterocycles. The van der Waals surface area contributed by atoms with Gasteiger partial charge in [0.2, 0.25) is 0 Å². The zero-order valence-corrected chi connectivity index (χ0v) is 12.8. The van der Waals surface area contributed by atoms with E-state index in [9.17, 15) is 0 Å². The Bertz CT molecular complexity index is 555. The summed E-state index contributed by atoms with van der Waals surface area (Å²) in [5.41, 5.74) is 2.29. The molecule has 0 saturated heterocycles. The number of aromatic nitrogens is 1. The normalized spacial score (nSPS) is 21.6. The number of benzene rings is 1. The molecule has 0 spiro atoms. The molecule has 19 heavy (non-hydrogen) atoms. The first-order valence-corrected chi connectivity index (χ1v) is 7.24. The largest absolute Gasteiger partial charge is 0.369 e. The molecule has 0 fully saturated rings. The highest BCUT2D eigenvalue weighted by Gasteiger charge is 2.34. The first-order valence-electron chi connectivity index (χ1n) is 6.42. The molecular weight excluding hydrogens is 278 g/mol. The minimum atomic E-state index is -0.141. The SMILES string of the molecule is CCC1(C)OCCc2nc(-c3ccccc3)sc21.Cl. The minimum absolute atomic E-state index is 0. The number of ether oxygens (including phenoxy) is 1. The van der Waals surface area contributed by atoms with E-state index >= 15 is 0 Å². The van der Waals surface area contributed by atoms with Gasteiger partial charge in [-0.05, 0) is 13.3 Å². The van der Waals surface area contributed by atoms with E-state index in [1.54, 1.807) is 11.3 Å². The van der Waals surface area contributed by atoms with Gasteiger partial charge in [0.1, 0.15) is 10.6 Å². The molecular formula is C15H18ClNOS. The zero-order valence-electron chi connectivity index (χ0n) is 11.2. The van der Waals surface area contributed by atoms with Crippen LogP contribution in [0.2, 0.25) is 0 Å². The Morgan fingerprint density at radius 3 is 2.74 bits per heavy atom. The van der Waals surface area contributed by atoms with Gasteiger partial charge in [-0.1, -0.05) is 37.3 Å². The van der Waals surface area contributed by atoms with Crippen LogP contribution in [0.4, 0.5) is 0 Å². The molecule has 1 unspecified atom stereocenters. The van der Waals surface area contributed by atoms with Gasteiger partial charge in [-0.3, -0.25) is 0 Å². The maximum Gasteiger partial charge on any atom is 0.123 e. The van der Waals surface area contributed by atoms with Crippen molar-refractivity contribution in [2.24, 2.45) is 0 Å². The predicted molar refractivity (Wildman–Crippen MR) is 82.1 cm³/mol. The van der Waals surface area contributed by atoms with Crippen LogP contribution < -0.4 is 0 Å². The second-order valence-electron chi connectivity index (χ2n) is 4.84. The van der Waals surface area contributed by atoms with Gasteiger partial charge in [0.05, 0.1) is 17.2 Å². The van der Waals surface area contributed by atoms with Crippen molar-refractivity contribution in [3.63, 3.8) is 0 Å². The molecule has 1 aromatic carbocycles. The molecule has 2 heterocycles. The Labute approximate surface area is 124 Å². The average molecular weight is 296 g/mol. The lowest BCUT2D eigenvalue weighted by atomic mass is 9.96. The van der Waals surface area contributed by atoms with E-state index in [1.165, 1.54) is 16.1 Å². The summed E-state index contributed by atoms with van der Waals surface area (Å²) in [4.78, 5) is 6.12. The third-order valence-corrected chi connectivity index (χ3v) is 5.02. The fraction of sp³-hybridized carbons (Fsp3) is 0.400. The summed E-state index contributed by atoms with van der Waals surface area (Å²) in [6.45, 7) is 5.14. The number of halogens is 1. The van der Waals surface area contributed by atoms with E-state index in [0.29, 0.717) is 0 Å². The molecule has 4 heteroatoms. The van der Waals surface area contributed by atoms with Crippen molar-refractivity contribution >= 4 is 23.7 Å². The molecule has 0 aliphatic carbocycles. The number of fused-ring (bicyclic) bond motifs is 1. The molecule has 1 aliphatic rings. The van der Waals surface area contributed by atoms with E-state index in [2.05, 4.69) is 38.1 Å². The van der Waals surface area contributed by atoms with E-state index in [1.807, 2.05) is 6.07 Å². The van der Waals surface area contributed by atoms with Gasteiger partial charge < -0.3 is 4.74 Å². The van der Waals surface area contributed by atoms with Crippen LogP contribution in [0.3, 0.4) is 0 Å². The molecule has 0 saturated carbocycles. The smallest absolute Gasteiger partial charge is 0.123 e. The molecule has 1 aliphatic heterocycles. The third kappa shape index (κ3) is 2.55. The summed E-state index contributed by atoms with van der Waals surface area (Å²) in [6.07, 6.45) is 1.94. The lowest BCUT2D eigenvalue weighted by molar-refractivity contribution is -0.0464. The monoisotopic (exact) mass is 295 g/mol. The summed E-state index contributed by atoms with van der Waals surface area (Å²) in [5.74, 6) is 0. The first-order chi connectivity index (χ1) is 8.73. The highest BCUT2D eigenvalue weighted by Crippen LogP contribution is 2.41. The van der Waals surface area contributed by atoms with Gasteiger partial charge in [-0.2, -0.15) is 0 Å². The molecule has 0 N–H and O–H groups in total. The average Bonchev–Trinajstić information content (AvgIpc) is 2.86. The summed E-state index contributed by atoms with van der Waals surface area (Å²) in [6, 6.07) is 10.4. The lowest BCUT2D eigenvalue weighted by Gasteiger charge is -2.31. The van der Waals surface area contributed by atoms with Crippen LogP contribution in [0, 0.1) is 0 Å². The lowest BCUT2D eigenvalue weighted by Crippen LogP contribution is -2.30. The molecule has 0 amide bonds. The molecule has 1 atom stereocenters. The van der Waals surface area contributed by atoms with Gasteiger partial charge in [0.25, 0.3) is 0 Å². The van der Waals surface area contributed by atoms with Crippen LogP contribution in [0.25, 0.3) is 10.6 Å². The zero-order chi connectivity index (χ0) is 12.6. The van der Waals surface area contributed by atoms with Crippen LogP contribution in [-0.2, 0) is 16.8 Å². The van der Waals surface area contributed by atoms with E-state index in [-0.39, 0.29) is 18.0 Å². The van der Waals surface area contributed by atoms with E-state index in [0.717, 1.165) is 24.5 Å². The molecule has 2 aromatic rings. The van der Waals surface area contributed by atoms with Crippen molar-refractivity contribution in [3.05, 3.63) is 40.9 Å². The van der Waals surface area contributed by atoms with Crippen LogP contribution in [0.1, 0.15) is 30.8 Å². The fourth-order valence-electron chi connectivity index (χ4n) is 2.34. The van der Waals surface area contributed by atoms with E-state index in [4.69, 9.17) is 9.72 Å². The van der Waals surface area contributed by atoms with Crippen molar-refractivity contribution < 1.29 is 4.74 Å². The maximum absolute atomic E-state index is 5.96. The standard InChI is InChI=1S/C15H17NOS.ClH/c1-3-15(2)13-12(9-10-17-15)16-14(18-13)11-7-5-4-6-8-11;/h4-8H,3,9-10H2,1-2H3;1H. The van der Waals surface area contributed by atoms with Crippen LogP contribution in [0.5, 0.6) is 0 Å². The Morgan fingerprint density at radius 2 is 2.05 bits per heavy atom. The van der Waals surface area contributed by atoms with Crippen molar-refractivity contribution in [3.8, 4) is 10.6 Å². The quantitative estimate of drug-likeness (QED) is 0.817. The number of rotatable bonds is 2. The Kier molecular flexibility index (Phi) is 4.29. The Balaban J connectivity index is 0.00000133. The molecule has 0 bridgehead atoms. The first kappa shape index (κ1) is 14.5. The second-order valence-corrected chi connectivity index (χ2v) is 5.84. The molecule has 3 rings (SSSR count). The van der Waals surface area contributed by atoms with Crippen molar-refractivity contribution in [2.75, 3.05) is 6.61 Å². The molecule has 0 radical (unpaired) electrons. The highest BCUT2D eigenvalue weighted by molar-refractivity contribution is 7.15. The predicted octanol–water partition coefficient (Wildman–Crippen LogP) is 4.43.